The van der Waals surface area contributed by atoms with Crippen molar-refractivity contribution >= 4 is 22.8 Å². The summed E-state index contributed by atoms with van der Waals surface area (Å²) in [7, 11) is 1.34. The Balaban J connectivity index is 2.02. The quantitative estimate of drug-likeness (QED) is 0.627. The summed E-state index contributed by atoms with van der Waals surface area (Å²) in [5.74, 6) is -0.232. The van der Waals surface area contributed by atoms with Gasteiger partial charge in [-0.05, 0) is 37.1 Å². The molecule has 0 saturated heterocycles. The third-order valence-corrected chi connectivity index (χ3v) is 4.35. The molecule has 0 aromatic heterocycles. The largest absolute Gasteiger partial charge is 0.465 e. The predicted octanol–water partition coefficient (Wildman–Crippen LogP) is 3.47. The number of carbonyl (C=O) groups is 2. The molecule has 0 aliphatic heterocycles. The Kier molecular flexibility index (Phi) is 5.02. The van der Waals surface area contributed by atoms with Gasteiger partial charge in [0.15, 0.2) is 5.12 Å². The van der Waals surface area contributed by atoms with E-state index in [1.54, 1.807) is 18.2 Å². The van der Waals surface area contributed by atoms with Crippen molar-refractivity contribution in [1.82, 2.24) is 0 Å². The van der Waals surface area contributed by atoms with Gasteiger partial charge >= 0.3 is 5.97 Å². The monoisotopic (exact) mass is 277 g/mol. The molecule has 1 aliphatic carbocycles. The first-order chi connectivity index (χ1) is 9.20. The zero-order valence-corrected chi connectivity index (χ0v) is 11.8. The van der Waals surface area contributed by atoms with Crippen molar-refractivity contribution < 1.29 is 14.3 Å². The zero-order valence-electron chi connectivity index (χ0n) is 11.0. The van der Waals surface area contributed by atoms with Crippen LogP contribution in [0.1, 0.15) is 42.5 Å². The summed E-state index contributed by atoms with van der Waals surface area (Å²) >= 11 is 1.21. The minimum Gasteiger partial charge on any atom is -0.465 e. The summed E-state index contributed by atoms with van der Waals surface area (Å²) in [6.45, 7) is 0. The van der Waals surface area contributed by atoms with Gasteiger partial charge in [-0.1, -0.05) is 31.0 Å². The highest BCUT2D eigenvalue weighted by Crippen LogP contribution is 2.31. The van der Waals surface area contributed by atoms with Gasteiger partial charge in [0.25, 0.3) is 0 Å². The number of hydrogen-bond acceptors (Lipinski definition) is 4. The van der Waals surface area contributed by atoms with Gasteiger partial charge < -0.3 is 4.74 Å². The van der Waals surface area contributed by atoms with E-state index in [1.165, 1.54) is 25.3 Å². The van der Waals surface area contributed by atoms with Gasteiger partial charge in [-0.25, -0.2) is 4.79 Å². The second-order valence-electron chi connectivity index (χ2n) is 4.71. The smallest absolute Gasteiger partial charge is 0.337 e. The average molecular weight is 277 g/mol. The fourth-order valence-corrected chi connectivity index (χ4v) is 3.23. The number of benzene rings is 1. The topological polar surface area (TPSA) is 43.4 Å². The minimum atomic E-state index is -0.399. The molecule has 0 heterocycles. The van der Waals surface area contributed by atoms with E-state index in [0.717, 1.165) is 30.6 Å². The summed E-state index contributed by atoms with van der Waals surface area (Å²) in [5, 5.41) is 0.204. The molecule has 1 saturated carbocycles. The van der Waals surface area contributed by atoms with Crippen molar-refractivity contribution in [3.8, 4) is 0 Å². The van der Waals surface area contributed by atoms with Crippen LogP contribution in [-0.2, 0) is 9.53 Å². The maximum atomic E-state index is 12.2. The van der Waals surface area contributed by atoms with E-state index in [-0.39, 0.29) is 11.0 Å². The summed E-state index contributed by atoms with van der Waals surface area (Å²) in [5.41, 5.74) is 0.434. The molecule has 101 valence electrons. The molecule has 0 spiro atoms. The van der Waals surface area contributed by atoms with Crippen molar-refractivity contribution in [2.75, 3.05) is 7.11 Å². The molecule has 1 aromatic rings. The molecule has 3 nitrogen and oxygen atoms in total. The van der Waals surface area contributed by atoms with Crippen LogP contribution in [0.2, 0.25) is 0 Å². The van der Waals surface area contributed by atoms with Gasteiger partial charge in [-0.2, -0.15) is 0 Å². The molecular weight excluding hydrogens is 260 g/mol. The van der Waals surface area contributed by atoms with Crippen molar-refractivity contribution in [3.05, 3.63) is 29.8 Å². The van der Waals surface area contributed by atoms with E-state index in [1.807, 2.05) is 0 Å². The fourth-order valence-electron chi connectivity index (χ4n) is 2.28. The molecule has 1 radical (unpaired) electrons. The van der Waals surface area contributed by atoms with Crippen LogP contribution in [0.3, 0.4) is 0 Å². The lowest BCUT2D eigenvalue weighted by atomic mass is 9.90. The van der Waals surface area contributed by atoms with Gasteiger partial charge in [0.2, 0.25) is 0 Å². The molecule has 0 bridgehead atoms. The molecule has 0 atom stereocenters. The third kappa shape index (κ3) is 3.83. The Labute approximate surface area is 117 Å². The normalized spacial score (nSPS) is 16.1. The van der Waals surface area contributed by atoms with E-state index in [4.69, 9.17) is 0 Å². The molecule has 0 unspecified atom stereocenters. The highest BCUT2D eigenvalue weighted by atomic mass is 32.2. The molecular formula is C15H17O3S. The van der Waals surface area contributed by atoms with E-state index >= 15 is 0 Å². The zero-order chi connectivity index (χ0) is 13.7. The Morgan fingerprint density at radius 3 is 2.68 bits per heavy atom. The first kappa shape index (κ1) is 14.1. The van der Waals surface area contributed by atoms with Gasteiger partial charge in [-0.3, -0.25) is 4.79 Å². The van der Waals surface area contributed by atoms with Gasteiger partial charge in [0.05, 0.1) is 12.7 Å². The number of carbonyl (C=O) groups excluding carboxylic acids is 2. The molecule has 0 amide bonds. The second-order valence-corrected chi connectivity index (χ2v) is 5.78. The number of thioether (sulfide) groups is 1. The number of rotatable bonds is 3. The maximum absolute atomic E-state index is 12.2. The summed E-state index contributed by atoms with van der Waals surface area (Å²) in [6.07, 6.45) is 5.51. The van der Waals surface area contributed by atoms with Crippen molar-refractivity contribution in [2.24, 2.45) is 5.92 Å². The molecule has 1 fully saturated rings. The van der Waals surface area contributed by atoms with Crippen LogP contribution >= 0.6 is 11.8 Å². The maximum Gasteiger partial charge on any atom is 0.337 e. The Morgan fingerprint density at radius 1 is 1.26 bits per heavy atom. The Bertz CT molecular complexity index is 464. The number of hydrogen-bond donors (Lipinski definition) is 0. The second kappa shape index (κ2) is 6.75. The van der Waals surface area contributed by atoms with Crippen LogP contribution < -0.4 is 0 Å². The van der Waals surface area contributed by atoms with E-state index in [2.05, 4.69) is 10.8 Å². The van der Waals surface area contributed by atoms with Crippen molar-refractivity contribution in [2.45, 2.75) is 37.0 Å². The van der Waals surface area contributed by atoms with Crippen LogP contribution in [0.4, 0.5) is 0 Å². The van der Waals surface area contributed by atoms with E-state index < -0.39 is 5.97 Å². The number of esters is 1. The average Bonchev–Trinajstić information content (AvgIpc) is 2.47. The van der Waals surface area contributed by atoms with Crippen LogP contribution in [0, 0.1) is 12.0 Å². The highest BCUT2D eigenvalue weighted by molar-refractivity contribution is 8.13. The first-order valence-electron chi connectivity index (χ1n) is 6.52. The fraction of sp³-hybridized carbons (Fsp3) is 0.467. The van der Waals surface area contributed by atoms with Gasteiger partial charge in [-0.15, -0.1) is 0 Å². The molecule has 2 rings (SSSR count). The first-order valence-corrected chi connectivity index (χ1v) is 7.33. The summed E-state index contributed by atoms with van der Waals surface area (Å²) in [6, 6.07) is 7.87. The van der Waals surface area contributed by atoms with Crippen molar-refractivity contribution in [3.63, 3.8) is 0 Å². The number of methoxy groups -OCH3 is 1. The lowest BCUT2D eigenvalue weighted by molar-refractivity contribution is -0.115. The SMILES string of the molecule is COC(=O)c1c[c]cc(SC(=O)C2CCCCC2)c1. The van der Waals surface area contributed by atoms with Gasteiger partial charge in [0.1, 0.15) is 0 Å². The molecule has 19 heavy (non-hydrogen) atoms. The summed E-state index contributed by atoms with van der Waals surface area (Å²) < 4.78 is 4.66. The predicted molar refractivity (Wildman–Crippen MR) is 74.1 cm³/mol. The Hall–Kier alpha value is -1.29. The van der Waals surface area contributed by atoms with Gasteiger partial charge in [0, 0.05) is 10.8 Å². The molecule has 1 aromatic carbocycles. The van der Waals surface area contributed by atoms with Crippen LogP contribution in [0.25, 0.3) is 0 Å². The molecule has 4 heteroatoms. The lowest BCUT2D eigenvalue weighted by Gasteiger charge is -2.19. The molecule has 1 aliphatic rings. The highest BCUT2D eigenvalue weighted by Gasteiger charge is 2.22. The van der Waals surface area contributed by atoms with E-state index in [9.17, 15) is 9.59 Å². The summed E-state index contributed by atoms with van der Waals surface area (Å²) in [4.78, 5) is 24.3. The molecule has 0 N–H and O–H groups in total. The standard InChI is InChI=1S/C15H17O3S/c1-18-14(16)12-8-5-9-13(10-12)19-15(17)11-6-3-2-4-7-11/h8-11H,2-4,6-7H2,1H3. The van der Waals surface area contributed by atoms with Crippen LogP contribution in [0.5, 0.6) is 0 Å². The Morgan fingerprint density at radius 2 is 2.00 bits per heavy atom. The third-order valence-electron chi connectivity index (χ3n) is 3.34. The lowest BCUT2D eigenvalue weighted by Crippen LogP contribution is -2.14. The van der Waals surface area contributed by atoms with Crippen LogP contribution in [-0.4, -0.2) is 18.2 Å². The number of ether oxygens (including phenoxy) is 1. The van der Waals surface area contributed by atoms with Crippen molar-refractivity contribution in [1.29, 1.82) is 0 Å². The van der Waals surface area contributed by atoms with E-state index in [0.29, 0.717) is 5.56 Å². The minimum absolute atomic E-state index is 0.167. The van der Waals surface area contributed by atoms with Crippen LogP contribution in [0.15, 0.2) is 23.1 Å².